The minimum Gasteiger partial charge on any atom is -0.344 e. The first kappa shape index (κ1) is 13.5. The number of benzene rings is 1. The summed E-state index contributed by atoms with van der Waals surface area (Å²) in [5.74, 6) is -1.99. The molecule has 0 aliphatic carbocycles. The third-order valence-corrected chi connectivity index (χ3v) is 3.07. The van der Waals surface area contributed by atoms with Crippen LogP contribution >= 0.6 is 0 Å². The first-order valence-corrected chi connectivity index (χ1v) is 6.08. The highest BCUT2D eigenvalue weighted by Crippen LogP contribution is 2.23. The van der Waals surface area contributed by atoms with E-state index in [0.29, 0.717) is 6.42 Å². The summed E-state index contributed by atoms with van der Waals surface area (Å²) in [6.07, 6.45) is 0.468. The summed E-state index contributed by atoms with van der Waals surface area (Å²) in [6.45, 7) is 1.79. The van der Waals surface area contributed by atoms with Gasteiger partial charge in [0.2, 0.25) is 11.8 Å². The molecule has 1 aromatic carbocycles. The quantitative estimate of drug-likeness (QED) is 0.885. The fourth-order valence-electron chi connectivity index (χ4n) is 2.05. The fraction of sp³-hybridized carbons (Fsp3) is 0.385. The minimum atomic E-state index is -0.697. The van der Waals surface area contributed by atoms with Crippen molar-refractivity contribution in [3.05, 3.63) is 29.8 Å². The normalized spacial score (nSPS) is 20.2. The summed E-state index contributed by atoms with van der Waals surface area (Å²) in [4.78, 5) is 24.8. The van der Waals surface area contributed by atoms with E-state index in [1.54, 1.807) is 6.92 Å². The second kappa shape index (κ2) is 5.34. The maximum Gasteiger partial charge on any atom is 0.249 e. The van der Waals surface area contributed by atoms with Crippen molar-refractivity contribution in [1.29, 1.82) is 0 Å². The Balaban J connectivity index is 2.38. The summed E-state index contributed by atoms with van der Waals surface area (Å²) in [5.41, 5.74) is -0.125. The van der Waals surface area contributed by atoms with E-state index in [2.05, 4.69) is 5.32 Å². The van der Waals surface area contributed by atoms with E-state index in [0.717, 1.165) is 23.1 Å². The fourth-order valence-corrected chi connectivity index (χ4v) is 2.05. The van der Waals surface area contributed by atoms with Gasteiger partial charge in [0.05, 0.1) is 5.69 Å². The number of carbonyl (C=O) groups is 2. The van der Waals surface area contributed by atoms with Gasteiger partial charge in [-0.15, -0.1) is 0 Å². The van der Waals surface area contributed by atoms with Crippen LogP contribution in [0, 0.1) is 11.6 Å². The van der Waals surface area contributed by atoms with Crippen LogP contribution in [0.4, 0.5) is 14.5 Å². The number of carbonyl (C=O) groups excluding carboxylic acids is 2. The highest BCUT2D eigenvalue weighted by molar-refractivity contribution is 6.01. The molecule has 2 amide bonds. The molecule has 1 atom stereocenters. The van der Waals surface area contributed by atoms with Gasteiger partial charge in [0, 0.05) is 19.0 Å². The SMILES string of the molecule is CCC1NC(=O)CCN(c2cc(F)ccc2F)C1=O. The van der Waals surface area contributed by atoms with Crippen molar-refractivity contribution in [2.45, 2.75) is 25.8 Å². The van der Waals surface area contributed by atoms with Crippen molar-refractivity contribution in [1.82, 2.24) is 5.32 Å². The number of nitrogens with zero attached hydrogens (tertiary/aromatic N) is 1. The zero-order chi connectivity index (χ0) is 14.0. The molecule has 1 aromatic rings. The highest BCUT2D eigenvalue weighted by Gasteiger charge is 2.30. The van der Waals surface area contributed by atoms with Crippen LogP contribution in [0.1, 0.15) is 19.8 Å². The Morgan fingerprint density at radius 3 is 2.79 bits per heavy atom. The molecule has 6 heteroatoms. The summed E-state index contributed by atoms with van der Waals surface area (Å²) in [5, 5.41) is 2.57. The second-order valence-corrected chi connectivity index (χ2v) is 4.36. The third kappa shape index (κ3) is 2.72. The molecule has 1 unspecified atom stereocenters. The van der Waals surface area contributed by atoms with Gasteiger partial charge in [-0.3, -0.25) is 9.59 Å². The molecule has 102 valence electrons. The Hall–Kier alpha value is -1.98. The first-order chi connectivity index (χ1) is 9.02. The van der Waals surface area contributed by atoms with Crippen LogP contribution in [-0.4, -0.2) is 24.4 Å². The molecule has 0 radical (unpaired) electrons. The zero-order valence-corrected chi connectivity index (χ0v) is 10.5. The standard InChI is InChI=1S/C13H14F2N2O2/c1-2-10-13(19)17(6-5-12(18)16-10)11-7-8(14)3-4-9(11)15/h3-4,7,10H,2,5-6H2,1H3,(H,16,18). The van der Waals surface area contributed by atoms with Crippen LogP contribution in [-0.2, 0) is 9.59 Å². The van der Waals surface area contributed by atoms with Crippen LogP contribution in [0.15, 0.2) is 18.2 Å². The van der Waals surface area contributed by atoms with Gasteiger partial charge >= 0.3 is 0 Å². The molecule has 0 bridgehead atoms. The maximum absolute atomic E-state index is 13.7. The van der Waals surface area contributed by atoms with Crippen LogP contribution in [0.3, 0.4) is 0 Å². The molecule has 1 saturated heterocycles. The largest absolute Gasteiger partial charge is 0.344 e. The Kier molecular flexibility index (Phi) is 3.78. The maximum atomic E-state index is 13.7. The monoisotopic (exact) mass is 268 g/mol. The average molecular weight is 268 g/mol. The van der Waals surface area contributed by atoms with Gasteiger partial charge < -0.3 is 10.2 Å². The highest BCUT2D eigenvalue weighted by atomic mass is 19.1. The molecule has 1 aliphatic rings. The van der Waals surface area contributed by atoms with Crippen LogP contribution in [0.2, 0.25) is 0 Å². The first-order valence-electron chi connectivity index (χ1n) is 6.08. The second-order valence-electron chi connectivity index (χ2n) is 4.36. The molecule has 0 saturated carbocycles. The smallest absolute Gasteiger partial charge is 0.249 e. The molecule has 2 rings (SSSR count). The van der Waals surface area contributed by atoms with Gasteiger partial charge in [-0.25, -0.2) is 8.78 Å². The van der Waals surface area contributed by atoms with E-state index < -0.39 is 23.6 Å². The van der Waals surface area contributed by atoms with Crippen molar-refractivity contribution in [2.75, 3.05) is 11.4 Å². The van der Waals surface area contributed by atoms with E-state index >= 15 is 0 Å². The van der Waals surface area contributed by atoms with E-state index in [9.17, 15) is 18.4 Å². The van der Waals surface area contributed by atoms with Gasteiger partial charge in [0.1, 0.15) is 17.7 Å². The number of anilines is 1. The van der Waals surface area contributed by atoms with Gasteiger partial charge in [-0.05, 0) is 18.6 Å². The molecule has 1 heterocycles. The molecule has 0 aromatic heterocycles. The van der Waals surface area contributed by atoms with E-state index in [1.165, 1.54) is 0 Å². The minimum absolute atomic E-state index is 0.0432. The summed E-state index contributed by atoms with van der Waals surface area (Å²) >= 11 is 0. The molecular formula is C13H14F2N2O2. The predicted octanol–water partition coefficient (Wildman–Crippen LogP) is 1.60. The van der Waals surface area contributed by atoms with Gasteiger partial charge in [-0.1, -0.05) is 6.92 Å². The summed E-state index contributed by atoms with van der Waals surface area (Å²) in [7, 11) is 0. The van der Waals surface area contributed by atoms with Crippen LogP contribution in [0.25, 0.3) is 0 Å². The lowest BCUT2D eigenvalue weighted by Gasteiger charge is -2.23. The molecule has 0 spiro atoms. The lowest BCUT2D eigenvalue weighted by Crippen LogP contribution is -2.44. The molecule has 19 heavy (non-hydrogen) atoms. The van der Waals surface area contributed by atoms with E-state index in [-0.39, 0.29) is 24.6 Å². The lowest BCUT2D eigenvalue weighted by molar-refractivity contribution is -0.125. The average Bonchev–Trinajstić information content (AvgIpc) is 2.52. The van der Waals surface area contributed by atoms with Gasteiger partial charge in [-0.2, -0.15) is 0 Å². The topological polar surface area (TPSA) is 49.4 Å². The van der Waals surface area contributed by atoms with E-state index in [4.69, 9.17) is 0 Å². The number of amides is 2. The molecule has 1 aliphatic heterocycles. The Bertz CT molecular complexity index is 519. The van der Waals surface area contributed by atoms with Crippen LogP contribution in [0.5, 0.6) is 0 Å². The number of rotatable bonds is 2. The summed E-state index contributed by atoms with van der Waals surface area (Å²) < 4.78 is 26.9. The van der Waals surface area contributed by atoms with Crippen molar-refractivity contribution in [3.8, 4) is 0 Å². The summed E-state index contributed by atoms with van der Waals surface area (Å²) in [6, 6.07) is 2.23. The molecule has 1 fully saturated rings. The Morgan fingerprint density at radius 1 is 1.37 bits per heavy atom. The van der Waals surface area contributed by atoms with Crippen LogP contribution < -0.4 is 10.2 Å². The van der Waals surface area contributed by atoms with Crippen molar-refractivity contribution >= 4 is 17.5 Å². The number of nitrogens with one attached hydrogen (secondary N) is 1. The number of hydrogen-bond acceptors (Lipinski definition) is 2. The Morgan fingerprint density at radius 2 is 2.11 bits per heavy atom. The Labute approximate surface area is 109 Å². The number of hydrogen-bond donors (Lipinski definition) is 1. The molecule has 1 N–H and O–H groups in total. The predicted molar refractivity (Wildman–Crippen MR) is 65.5 cm³/mol. The third-order valence-electron chi connectivity index (χ3n) is 3.07. The van der Waals surface area contributed by atoms with Crippen molar-refractivity contribution in [3.63, 3.8) is 0 Å². The van der Waals surface area contributed by atoms with E-state index in [1.807, 2.05) is 0 Å². The van der Waals surface area contributed by atoms with Gasteiger partial charge in [0.15, 0.2) is 0 Å². The molecule has 4 nitrogen and oxygen atoms in total. The number of halogens is 2. The zero-order valence-electron chi connectivity index (χ0n) is 10.5. The van der Waals surface area contributed by atoms with Crippen molar-refractivity contribution in [2.24, 2.45) is 0 Å². The lowest BCUT2D eigenvalue weighted by atomic mass is 10.2. The van der Waals surface area contributed by atoms with Crippen molar-refractivity contribution < 1.29 is 18.4 Å². The molecular weight excluding hydrogens is 254 g/mol. The van der Waals surface area contributed by atoms with Gasteiger partial charge in [0.25, 0.3) is 0 Å².